The molecule has 100 valence electrons. The van der Waals surface area contributed by atoms with Crippen LogP contribution in [0.4, 0.5) is 0 Å². The smallest absolute Gasteiger partial charge is 0.324 e. The van der Waals surface area contributed by atoms with Gasteiger partial charge in [0.05, 0.1) is 14.2 Å². The van der Waals surface area contributed by atoms with Gasteiger partial charge in [0.2, 0.25) is 0 Å². The second-order valence-corrected chi connectivity index (χ2v) is 4.54. The summed E-state index contributed by atoms with van der Waals surface area (Å²) in [5.41, 5.74) is -1.25. The lowest BCUT2D eigenvalue weighted by Crippen LogP contribution is -2.46. The fourth-order valence-electron chi connectivity index (χ4n) is 2.72. The van der Waals surface area contributed by atoms with Crippen LogP contribution in [0.15, 0.2) is 0 Å². The van der Waals surface area contributed by atoms with Gasteiger partial charge in [-0.2, -0.15) is 0 Å². The molecule has 0 bridgehead atoms. The van der Waals surface area contributed by atoms with Crippen LogP contribution in [0.3, 0.4) is 0 Å². The molecule has 0 aromatic heterocycles. The molecule has 1 saturated carbocycles. The van der Waals surface area contributed by atoms with E-state index in [1.165, 1.54) is 14.2 Å². The average Bonchev–Trinajstić information content (AvgIpc) is 2.93. The van der Waals surface area contributed by atoms with Crippen molar-refractivity contribution in [1.29, 1.82) is 0 Å². The Morgan fingerprint density at radius 1 is 1.17 bits per heavy atom. The zero-order valence-corrected chi connectivity index (χ0v) is 11.2. The van der Waals surface area contributed by atoms with Crippen molar-refractivity contribution in [2.24, 2.45) is 11.3 Å². The Labute approximate surface area is 108 Å². The fraction of sp³-hybridized carbons (Fsp3) is 0.714. The van der Waals surface area contributed by atoms with Gasteiger partial charge >= 0.3 is 11.9 Å². The minimum absolute atomic E-state index is 0.0294. The summed E-state index contributed by atoms with van der Waals surface area (Å²) in [6.07, 6.45) is 3.92. The average molecular weight is 252 g/mol. The fourth-order valence-corrected chi connectivity index (χ4v) is 2.72. The Bertz CT molecular complexity index is 353. The van der Waals surface area contributed by atoms with E-state index in [1.54, 1.807) is 6.92 Å². The third kappa shape index (κ3) is 2.50. The van der Waals surface area contributed by atoms with E-state index in [4.69, 9.17) is 9.47 Å². The van der Waals surface area contributed by atoms with Crippen LogP contribution in [0.1, 0.15) is 39.0 Å². The highest BCUT2D eigenvalue weighted by Gasteiger charge is 2.54. The highest BCUT2D eigenvalue weighted by molar-refractivity contribution is 6.00. The van der Waals surface area contributed by atoms with E-state index in [2.05, 4.69) is 11.8 Å². The summed E-state index contributed by atoms with van der Waals surface area (Å²) in [7, 11) is 2.60. The van der Waals surface area contributed by atoms with Crippen molar-refractivity contribution in [2.45, 2.75) is 39.0 Å². The van der Waals surface area contributed by atoms with E-state index in [0.29, 0.717) is 0 Å². The van der Waals surface area contributed by atoms with E-state index in [9.17, 15) is 9.59 Å². The SMILES string of the molecule is CC#CCC(C(=O)OC)(C(=O)OC)C1CCCC1. The van der Waals surface area contributed by atoms with E-state index in [1.807, 2.05) is 0 Å². The van der Waals surface area contributed by atoms with E-state index >= 15 is 0 Å². The van der Waals surface area contributed by atoms with Gasteiger partial charge in [0.25, 0.3) is 0 Å². The molecule has 0 saturated heterocycles. The lowest BCUT2D eigenvalue weighted by Gasteiger charge is -2.31. The maximum absolute atomic E-state index is 12.1. The number of carbonyl (C=O) groups is 2. The molecule has 4 heteroatoms. The van der Waals surface area contributed by atoms with Gasteiger partial charge in [-0.1, -0.05) is 12.8 Å². The summed E-state index contributed by atoms with van der Waals surface area (Å²) >= 11 is 0. The Balaban J connectivity index is 3.17. The summed E-state index contributed by atoms with van der Waals surface area (Å²) in [5.74, 6) is 4.51. The number of esters is 2. The molecular weight excluding hydrogens is 232 g/mol. The Hall–Kier alpha value is -1.50. The van der Waals surface area contributed by atoms with Crippen molar-refractivity contribution < 1.29 is 19.1 Å². The molecule has 0 aromatic carbocycles. The van der Waals surface area contributed by atoms with Gasteiger partial charge in [0.1, 0.15) is 0 Å². The molecule has 1 aliphatic carbocycles. The number of rotatable bonds is 4. The number of methoxy groups -OCH3 is 2. The van der Waals surface area contributed by atoms with Gasteiger partial charge in [0.15, 0.2) is 5.41 Å². The van der Waals surface area contributed by atoms with Crippen LogP contribution >= 0.6 is 0 Å². The van der Waals surface area contributed by atoms with Gasteiger partial charge in [0, 0.05) is 6.42 Å². The van der Waals surface area contributed by atoms with Crippen LogP contribution in [0.5, 0.6) is 0 Å². The van der Waals surface area contributed by atoms with Crippen molar-refractivity contribution in [3.8, 4) is 11.8 Å². The van der Waals surface area contributed by atoms with Gasteiger partial charge in [-0.3, -0.25) is 9.59 Å². The zero-order valence-electron chi connectivity index (χ0n) is 11.2. The summed E-state index contributed by atoms with van der Waals surface area (Å²) < 4.78 is 9.68. The molecule has 1 rings (SSSR count). The van der Waals surface area contributed by atoms with E-state index < -0.39 is 17.4 Å². The summed E-state index contributed by atoms with van der Waals surface area (Å²) in [5, 5.41) is 0. The highest BCUT2D eigenvalue weighted by atomic mass is 16.5. The molecule has 0 amide bonds. The monoisotopic (exact) mass is 252 g/mol. The number of hydrogen-bond donors (Lipinski definition) is 0. The third-order valence-corrected chi connectivity index (χ3v) is 3.70. The number of hydrogen-bond acceptors (Lipinski definition) is 4. The van der Waals surface area contributed by atoms with E-state index in [-0.39, 0.29) is 12.3 Å². The van der Waals surface area contributed by atoms with Crippen LogP contribution in [0, 0.1) is 23.2 Å². The van der Waals surface area contributed by atoms with Gasteiger partial charge in [-0.25, -0.2) is 0 Å². The van der Waals surface area contributed by atoms with Gasteiger partial charge in [-0.15, -0.1) is 11.8 Å². The molecule has 1 aliphatic rings. The van der Waals surface area contributed by atoms with Crippen LogP contribution in [0.2, 0.25) is 0 Å². The first-order valence-electron chi connectivity index (χ1n) is 6.20. The number of carbonyl (C=O) groups excluding carboxylic acids is 2. The van der Waals surface area contributed by atoms with E-state index in [0.717, 1.165) is 25.7 Å². The highest BCUT2D eigenvalue weighted by Crippen LogP contribution is 2.44. The van der Waals surface area contributed by atoms with Crippen molar-refractivity contribution in [2.75, 3.05) is 14.2 Å². The Morgan fingerprint density at radius 2 is 1.67 bits per heavy atom. The topological polar surface area (TPSA) is 52.6 Å². The molecule has 1 fully saturated rings. The molecule has 0 spiro atoms. The largest absolute Gasteiger partial charge is 0.468 e. The first-order chi connectivity index (χ1) is 8.63. The Morgan fingerprint density at radius 3 is 2.06 bits per heavy atom. The molecule has 0 unspecified atom stereocenters. The number of ether oxygens (including phenoxy) is 2. The normalized spacial score (nSPS) is 15.7. The third-order valence-electron chi connectivity index (χ3n) is 3.70. The van der Waals surface area contributed by atoms with Crippen molar-refractivity contribution in [3.05, 3.63) is 0 Å². The zero-order chi connectivity index (χ0) is 13.6. The van der Waals surface area contributed by atoms with Crippen LogP contribution in [0.25, 0.3) is 0 Å². The lowest BCUT2D eigenvalue weighted by atomic mass is 9.71. The molecule has 0 aromatic rings. The summed E-state index contributed by atoms with van der Waals surface area (Å²) in [6, 6.07) is 0. The quantitative estimate of drug-likeness (QED) is 0.436. The molecule has 0 radical (unpaired) electrons. The first-order valence-corrected chi connectivity index (χ1v) is 6.20. The van der Waals surface area contributed by atoms with Crippen LogP contribution in [-0.4, -0.2) is 26.2 Å². The van der Waals surface area contributed by atoms with Crippen molar-refractivity contribution in [3.63, 3.8) is 0 Å². The predicted octanol–water partition coefficient (Wildman–Crippen LogP) is 1.92. The minimum Gasteiger partial charge on any atom is -0.468 e. The predicted molar refractivity (Wildman–Crippen MR) is 66.5 cm³/mol. The summed E-state index contributed by atoms with van der Waals surface area (Å²) in [4.78, 5) is 24.3. The van der Waals surface area contributed by atoms with Crippen LogP contribution < -0.4 is 0 Å². The van der Waals surface area contributed by atoms with Crippen LogP contribution in [-0.2, 0) is 19.1 Å². The molecule has 0 aliphatic heterocycles. The first kappa shape index (κ1) is 14.6. The summed E-state index contributed by atoms with van der Waals surface area (Å²) in [6.45, 7) is 1.69. The maximum atomic E-state index is 12.1. The van der Waals surface area contributed by atoms with Gasteiger partial charge in [-0.05, 0) is 25.7 Å². The lowest BCUT2D eigenvalue weighted by molar-refractivity contribution is -0.173. The molecule has 0 atom stereocenters. The standard InChI is InChI=1S/C14H20O4/c1-4-5-10-14(12(15)17-2,13(16)18-3)11-8-6-7-9-11/h11H,6-10H2,1-3H3. The molecule has 0 N–H and O–H groups in total. The molecular formula is C14H20O4. The second kappa shape index (κ2) is 6.44. The molecule has 18 heavy (non-hydrogen) atoms. The Kier molecular flexibility index (Phi) is 5.21. The van der Waals surface area contributed by atoms with Gasteiger partial charge < -0.3 is 9.47 Å². The second-order valence-electron chi connectivity index (χ2n) is 4.54. The maximum Gasteiger partial charge on any atom is 0.324 e. The van der Waals surface area contributed by atoms with Crippen molar-refractivity contribution >= 4 is 11.9 Å². The minimum atomic E-state index is -1.25. The van der Waals surface area contributed by atoms with Crippen molar-refractivity contribution in [1.82, 2.24) is 0 Å². The molecule has 4 nitrogen and oxygen atoms in total. The molecule has 0 heterocycles.